The monoisotopic (exact) mass is 276 g/mol. The fraction of sp³-hybridized carbons (Fsp3) is 0.333. The average molecular weight is 276 g/mol. The van der Waals surface area contributed by atoms with E-state index in [2.05, 4.69) is 29.9 Å². The van der Waals surface area contributed by atoms with Crippen LogP contribution >= 0.6 is 8.60 Å². The highest BCUT2D eigenvalue weighted by molar-refractivity contribution is 7.40. The largest absolute Gasteiger partial charge is 0.522 e. The van der Waals surface area contributed by atoms with Crippen LogP contribution in [0.2, 0.25) is 0 Å². The summed E-state index contributed by atoms with van der Waals surface area (Å²) < 4.78 is 9.95. The van der Waals surface area contributed by atoms with Gasteiger partial charge in [0, 0.05) is 0 Å². The first-order valence-electron chi connectivity index (χ1n) is 4.57. The number of ether oxygens (including phenoxy) is 1. The number of nitrogens with two attached hydrogens (primary N) is 1. The Morgan fingerprint density at radius 3 is 2.94 bits per heavy atom. The fourth-order valence-electron chi connectivity index (χ4n) is 1.23. The van der Waals surface area contributed by atoms with Gasteiger partial charge in [0.2, 0.25) is 0 Å². The SMILES string of the molecule is Cc1nnc2n1NC(OC(=O)OP(O)O)=NC2N. The van der Waals surface area contributed by atoms with E-state index in [0.29, 0.717) is 11.6 Å². The molecule has 1 aliphatic rings. The molecule has 0 amide bonds. The first kappa shape index (κ1) is 12.6. The Morgan fingerprint density at radius 2 is 2.28 bits per heavy atom. The van der Waals surface area contributed by atoms with Crippen molar-refractivity contribution in [3.8, 4) is 0 Å². The number of aryl methyl sites for hydroxylation is 1. The molecule has 5 N–H and O–H groups in total. The van der Waals surface area contributed by atoms with Gasteiger partial charge in [-0.05, 0) is 6.92 Å². The number of nitrogens with zero attached hydrogens (tertiary/aromatic N) is 4. The van der Waals surface area contributed by atoms with Gasteiger partial charge in [0.1, 0.15) is 5.82 Å². The van der Waals surface area contributed by atoms with E-state index in [1.54, 1.807) is 6.92 Å². The van der Waals surface area contributed by atoms with E-state index in [1.807, 2.05) is 0 Å². The van der Waals surface area contributed by atoms with Crippen molar-refractivity contribution in [2.45, 2.75) is 13.1 Å². The summed E-state index contributed by atoms with van der Waals surface area (Å²) in [6, 6.07) is -0.264. The Labute approximate surface area is 101 Å². The van der Waals surface area contributed by atoms with Crippen molar-refractivity contribution >= 4 is 20.8 Å². The van der Waals surface area contributed by atoms with Crippen molar-refractivity contribution in [3.05, 3.63) is 11.6 Å². The molecule has 18 heavy (non-hydrogen) atoms. The summed E-state index contributed by atoms with van der Waals surface area (Å²) in [5.41, 5.74) is 8.21. The minimum absolute atomic E-state index is 0.264. The van der Waals surface area contributed by atoms with E-state index in [1.165, 1.54) is 4.68 Å². The van der Waals surface area contributed by atoms with E-state index >= 15 is 0 Å². The number of fused-ring (bicyclic) bond motifs is 1. The van der Waals surface area contributed by atoms with Crippen molar-refractivity contribution in [1.29, 1.82) is 0 Å². The number of carbonyl (C=O) groups is 1. The molecule has 2 rings (SSSR count). The highest BCUT2D eigenvalue weighted by Crippen LogP contribution is 2.25. The molecule has 1 aromatic rings. The minimum atomic E-state index is -2.85. The van der Waals surface area contributed by atoms with Gasteiger partial charge in [-0.1, -0.05) is 0 Å². The second kappa shape index (κ2) is 4.82. The molecule has 0 radical (unpaired) electrons. The van der Waals surface area contributed by atoms with Gasteiger partial charge in [-0.25, -0.2) is 19.9 Å². The van der Waals surface area contributed by atoms with Crippen LogP contribution < -0.4 is 11.2 Å². The minimum Gasteiger partial charge on any atom is -0.361 e. The Morgan fingerprint density at radius 1 is 1.56 bits per heavy atom. The van der Waals surface area contributed by atoms with Crippen LogP contribution in [-0.4, -0.2) is 36.8 Å². The van der Waals surface area contributed by atoms with E-state index in [9.17, 15) is 4.79 Å². The van der Waals surface area contributed by atoms with Crippen LogP contribution in [0.5, 0.6) is 0 Å². The quantitative estimate of drug-likeness (QED) is 0.366. The molecule has 11 nitrogen and oxygen atoms in total. The van der Waals surface area contributed by atoms with E-state index in [4.69, 9.17) is 15.5 Å². The van der Waals surface area contributed by atoms with Gasteiger partial charge in [-0.2, -0.15) is 0 Å². The summed E-state index contributed by atoms with van der Waals surface area (Å²) in [7, 11) is -2.85. The van der Waals surface area contributed by atoms with Crippen LogP contribution in [-0.2, 0) is 9.26 Å². The Hall–Kier alpha value is -1.81. The average Bonchev–Trinajstić information content (AvgIpc) is 2.59. The summed E-state index contributed by atoms with van der Waals surface area (Å²) in [4.78, 5) is 31.7. The maximum atomic E-state index is 11.0. The molecule has 0 bridgehead atoms. The van der Waals surface area contributed by atoms with Crippen molar-refractivity contribution in [1.82, 2.24) is 14.9 Å². The smallest absolute Gasteiger partial charge is 0.361 e. The zero-order chi connectivity index (χ0) is 13.3. The Bertz CT molecular complexity index is 501. The molecule has 0 saturated heterocycles. The molecule has 1 atom stereocenters. The second-order valence-corrected chi connectivity index (χ2v) is 3.82. The van der Waals surface area contributed by atoms with Crippen molar-refractivity contribution in [3.63, 3.8) is 0 Å². The lowest BCUT2D eigenvalue weighted by atomic mass is 10.5. The first-order valence-corrected chi connectivity index (χ1v) is 5.74. The van der Waals surface area contributed by atoms with Crippen LogP contribution in [0, 0.1) is 6.92 Å². The first-order chi connectivity index (χ1) is 8.47. The van der Waals surface area contributed by atoms with Crippen LogP contribution in [0.25, 0.3) is 0 Å². The van der Waals surface area contributed by atoms with Gasteiger partial charge in [0.15, 0.2) is 12.0 Å². The van der Waals surface area contributed by atoms with Crippen LogP contribution in [0.15, 0.2) is 4.99 Å². The third kappa shape index (κ3) is 2.54. The number of amidine groups is 1. The summed E-state index contributed by atoms with van der Waals surface area (Å²) in [6.07, 6.45) is -2.18. The molecular weight excluding hydrogens is 267 g/mol. The molecule has 0 fully saturated rings. The van der Waals surface area contributed by atoms with Gasteiger partial charge in [0.25, 0.3) is 0 Å². The number of nitrogens with one attached hydrogen (secondary N) is 1. The van der Waals surface area contributed by atoms with Crippen LogP contribution in [0.4, 0.5) is 4.79 Å². The van der Waals surface area contributed by atoms with Crippen molar-refractivity contribution in [2.24, 2.45) is 10.7 Å². The molecule has 0 spiro atoms. The molecular formula is C6H9N6O5P. The molecule has 2 heterocycles. The highest BCUT2D eigenvalue weighted by Gasteiger charge is 2.25. The van der Waals surface area contributed by atoms with Crippen molar-refractivity contribution in [2.75, 3.05) is 5.43 Å². The van der Waals surface area contributed by atoms with Gasteiger partial charge in [-0.15, -0.1) is 10.2 Å². The summed E-state index contributed by atoms with van der Waals surface area (Å²) in [5, 5.41) is 7.53. The standard InChI is InChI=1S/C6H9N6O5P/c1-2-9-10-4-3(7)8-5(11-12(2)4)16-6(13)17-18(14)15/h3,14-15H,7H2,1H3,(H,8,11). The maximum Gasteiger partial charge on any atom is 0.522 e. The predicted octanol–water partition coefficient (Wildman–Crippen LogP) is -1.18. The van der Waals surface area contributed by atoms with Crippen molar-refractivity contribution < 1.29 is 23.8 Å². The lowest BCUT2D eigenvalue weighted by molar-refractivity contribution is 0.140. The molecule has 1 aliphatic heterocycles. The number of hydrogen-bond donors (Lipinski definition) is 4. The highest BCUT2D eigenvalue weighted by atomic mass is 31.2. The molecule has 1 aromatic heterocycles. The van der Waals surface area contributed by atoms with Gasteiger partial charge in [0.05, 0.1) is 0 Å². The zero-order valence-corrected chi connectivity index (χ0v) is 9.90. The molecule has 98 valence electrons. The zero-order valence-electron chi connectivity index (χ0n) is 9.01. The van der Waals surface area contributed by atoms with E-state index in [-0.39, 0.29) is 6.02 Å². The number of hydrogen-bond acceptors (Lipinski definition) is 10. The molecule has 0 saturated carbocycles. The number of aromatic nitrogens is 3. The summed E-state index contributed by atoms with van der Waals surface area (Å²) in [5.74, 6) is 0.830. The van der Waals surface area contributed by atoms with E-state index in [0.717, 1.165) is 0 Å². The summed E-state index contributed by atoms with van der Waals surface area (Å²) >= 11 is 0. The normalized spacial score (nSPS) is 17.8. The van der Waals surface area contributed by atoms with E-state index < -0.39 is 20.9 Å². The second-order valence-electron chi connectivity index (χ2n) is 3.13. The number of rotatable bonds is 1. The lowest BCUT2D eigenvalue weighted by Crippen LogP contribution is -2.36. The molecule has 0 aromatic carbocycles. The third-order valence-electron chi connectivity index (χ3n) is 1.91. The van der Waals surface area contributed by atoms with Crippen LogP contribution in [0.3, 0.4) is 0 Å². The fourth-order valence-corrected chi connectivity index (χ4v) is 1.40. The maximum absolute atomic E-state index is 11.0. The molecule has 12 heteroatoms. The van der Waals surface area contributed by atoms with Gasteiger partial charge >= 0.3 is 20.8 Å². The topological polar surface area (TPSA) is 157 Å². The molecule has 1 unspecified atom stereocenters. The number of carbonyl (C=O) groups excluding carboxylic acids is 1. The Kier molecular flexibility index (Phi) is 3.39. The van der Waals surface area contributed by atoms with Crippen LogP contribution in [0.1, 0.15) is 17.8 Å². The number of aliphatic imine (C=N–C) groups is 1. The Balaban J connectivity index is 2.08. The van der Waals surface area contributed by atoms with Gasteiger partial charge < -0.3 is 24.8 Å². The lowest BCUT2D eigenvalue weighted by Gasteiger charge is -2.19. The molecule has 0 aliphatic carbocycles. The third-order valence-corrected chi connectivity index (χ3v) is 2.23. The summed E-state index contributed by atoms with van der Waals surface area (Å²) in [6.45, 7) is 1.65. The predicted molar refractivity (Wildman–Crippen MR) is 57.4 cm³/mol. The van der Waals surface area contributed by atoms with Gasteiger partial charge in [-0.3, -0.25) is 0 Å².